The lowest BCUT2D eigenvalue weighted by atomic mass is 10.2. The van der Waals surface area contributed by atoms with Crippen molar-refractivity contribution in [1.29, 1.82) is 0 Å². The number of ether oxygens (including phenoxy) is 1. The van der Waals surface area contributed by atoms with Gasteiger partial charge in [0.2, 0.25) is 5.91 Å². The summed E-state index contributed by atoms with van der Waals surface area (Å²) in [5.74, 6) is 0.499. The number of hydrogen-bond acceptors (Lipinski definition) is 5. The third kappa shape index (κ3) is 6.79. The van der Waals surface area contributed by atoms with Gasteiger partial charge in [-0.1, -0.05) is 23.2 Å². The van der Waals surface area contributed by atoms with Gasteiger partial charge in [0, 0.05) is 36.1 Å². The minimum Gasteiger partial charge on any atom is -0.485 e. The van der Waals surface area contributed by atoms with Gasteiger partial charge >= 0.3 is 6.03 Å². The number of aryl methyl sites for hydroxylation is 1. The fourth-order valence-electron chi connectivity index (χ4n) is 3.27. The first-order chi connectivity index (χ1) is 16.8. The monoisotopic (exact) mass is 651 g/mol. The van der Waals surface area contributed by atoms with Gasteiger partial charge in [0.25, 0.3) is 0 Å². The van der Waals surface area contributed by atoms with Gasteiger partial charge in [0.15, 0.2) is 17.2 Å². The smallest absolute Gasteiger partial charge is 0.320 e. The number of carbonyl (C=O) groups excluding carboxylic acids is 2. The van der Waals surface area contributed by atoms with Crippen LogP contribution in [0.3, 0.4) is 0 Å². The summed E-state index contributed by atoms with van der Waals surface area (Å²) < 4.78 is 8.71. The molecule has 0 atom stereocenters. The number of amides is 3. The van der Waals surface area contributed by atoms with Crippen LogP contribution in [0.1, 0.15) is 11.3 Å². The molecule has 0 aliphatic carbocycles. The normalized spacial score (nSPS) is 10.3. The topological polar surface area (TPSA) is 117 Å². The summed E-state index contributed by atoms with van der Waals surface area (Å²) in [6.07, 6.45) is 3.44. The van der Waals surface area contributed by atoms with Crippen molar-refractivity contribution in [3.05, 3.63) is 68.6 Å². The van der Waals surface area contributed by atoms with Gasteiger partial charge in [-0.05, 0) is 47.1 Å². The van der Waals surface area contributed by atoms with Gasteiger partial charge in [-0.25, -0.2) is 9.78 Å². The van der Waals surface area contributed by atoms with Gasteiger partial charge in [0.05, 0.1) is 22.9 Å². The molecular weight excluding hydrogens is 632 g/mol. The van der Waals surface area contributed by atoms with Crippen molar-refractivity contribution in [1.82, 2.24) is 24.9 Å². The Morgan fingerprint density at radius 2 is 1.97 bits per heavy atom. The molecule has 1 aromatic carbocycles. The minimum absolute atomic E-state index is 0. The van der Waals surface area contributed by atoms with Crippen LogP contribution in [-0.2, 0) is 11.4 Å². The molecule has 0 spiro atoms. The number of imidazole rings is 1. The van der Waals surface area contributed by atoms with Gasteiger partial charge < -0.3 is 15.0 Å². The van der Waals surface area contributed by atoms with Crippen LogP contribution in [0.25, 0.3) is 5.65 Å². The summed E-state index contributed by atoms with van der Waals surface area (Å²) in [5.41, 5.74) is 2.41. The van der Waals surface area contributed by atoms with Crippen molar-refractivity contribution in [2.45, 2.75) is 13.5 Å². The third-order valence-electron chi connectivity index (χ3n) is 5.13. The van der Waals surface area contributed by atoms with Crippen LogP contribution in [-0.4, -0.2) is 45.1 Å². The van der Waals surface area contributed by atoms with E-state index in [9.17, 15) is 9.59 Å². The average molecular weight is 654 g/mol. The number of pyridine rings is 1. The zero-order valence-corrected chi connectivity index (χ0v) is 24.2. The molecule has 0 radical (unpaired) electrons. The first-order valence-electron chi connectivity index (χ1n) is 10.3. The Kier molecular flexibility index (Phi) is 10.9. The summed E-state index contributed by atoms with van der Waals surface area (Å²) >= 11 is 16.5. The Balaban J connectivity index is 0.00000241. The lowest BCUT2D eigenvalue weighted by Gasteiger charge is -2.21. The summed E-state index contributed by atoms with van der Waals surface area (Å²) in [7, 11) is 1.56. The Labute approximate surface area is 243 Å². The molecule has 0 aliphatic rings. The molecule has 0 unspecified atom stereocenters. The maximum Gasteiger partial charge on any atom is 0.320 e. The highest BCUT2D eigenvalue weighted by Crippen LogP contribution is 2.35. The second-order valence-corrected chi connectivity index (χ2v) is 8.96. The van der Waals surface area contributed by atoms with Crippen LogP contribution < -0.4 is 20.3 Å². The number of nitrogens with one attached hydrogen (secondary N) is 3. The second-order valence-electron chi connectivity index (χ2n) is 7.42. The lowest BCUT2D eigenvalue weighted by Crippen LogP contribution is -2.40. The summed E-state index contributed by atoms with van der Waals surface area (Å²) in [6, 6.07) is 7.93. The number of nitrogens with zero attached hydrogens (tertiary/aromatic N) is 4. The van der Waals surface area contributed by atoms with E-state index >= 15 is 0 Å². The van der Waals surface area contributed by atoms with Crippen LogP contribution in [0.15, 0.2) is 47.3 Å². The van der Waals surface area contributed by atoms with Gasteiger partial charge in [0.1, 0.15) is 11.2 Å². The molecule has 3 heterocycles. The zero-order valence-electron chi connectivity index (χ0n) is 19.4. The summed E-state index contributed by atoms with van der Waals surface area (Å²) in [5, 5.41) is 12.0. The number of anilines is 2. The Morgan fingerprint density at radius 1 is 1.22 bits per heavy atom. The molecule has 198 valence electrons. The summed E-state index contributed by atoms with van der Waals surface area (Å²) in [6.45, 7) is 1.69. The second kappa shape index (κ2) is 13.2. The molecule has 0 saturated heterocycles. The Morgan fingerprint density at radius 3 is 2.68 bits per heavy atom. The molecule has 3 N–H and O–H groups in total. The van der Waals surface area contributed by atoms with Gasteiger partial charge in [-0.15, -0.1) is 24.8 Å². The number of carbonyl (C=O) groups is 2. The van der Waals surface area contributed by atoms with Crippen LogP contribution in [0, 0.1) is 6.92 Å². The predicted molar refractivity (Wildman–Crippen MR) is 152 cm³/mol. The van der Waals surface area contributed by atoms with E-state index in [1.807, 2.05) is 23.6 Å². The standard InChI is InChI=1S/C22H20BrCl2N7O3.2ClH/c1-12-20(23)32-9-3-4-16(21(32)28-12)35-11-13-14(24)5-6-15(19(13)25)31(2)18(33)10-26-22(34)29-17-7-8-27-30-17;;/h3-9H,10-11H2,1-2H3,(H3,26,27,29,30,34);2*1H. The van der Waals surface area contributed by atoms with E-state index < -0.39 is 6.03 Å². The van der Waals surface area contributed by atoms with Crippen molar-refractivity contribution < 1.29 is 14.3 Å². The van der Waals surface area contributed by atoms with Crippen LogP contribution in [0.2, 0.25) is 10.0 Å². The van der Waals surface area contributed by atoms with E-state index in [0.717, 1.165) is 10.3 Å². The molecule has 3 aromatic heterocycles. The molecule has 0 aliphatic heterocycles. The van der Waals surface area contributed by atoms with Crippen molar-refractivity contribution in [3.63, 3.8) is 0 Å². The van der Waals surface area contributed by atoms with Crippen molar-refractivity contribution in [2.24, 2.45) is 0 Å². The highest BCUT2D eigenvalue weighted by Gasteiger charge is 2.20. The molecule has 37 heavy (non-hydrogen) atoms. The predicted octanol–water partition coefficient (Wildman–Crippen LogP) is 5.64. The number of benzene rings is 1. The van der Waals surface area contributed by atoms with Crippen LogP contribution in [0.5, 0.6) is 5.75 Å². The number of aromatic nitrogens is 4. The van der Waals surface area contributed by atoms with Crippen molar-refractivity contribution >= 4 is 93.0 Å². The molecule has 10 nitrogen and oxygen atoms in total. The van der Waals surface area contributed by atoms with Gasteiger partial charge in [-0.2, -0.15) is 5.10 Å². The maximum atomic E-state index is 12.7. The van der Waals surface area contributed by atoms with Crippen LogP contribution in [0.4, 0.5) is 16.3 Å². The molecular formula is C22H22BrCl4N7O3. The molecule has 0 fully saturated rings. The number of aromatic amines is 1. The third-order valence-corrected chi connectivity index (χ3v) is 6.86. The molecule has 4 aromatic rings. The fourth-order valence-corrected chi connectivity index (χ4v) is 4.25. The molecule has 0 saturated carbocycles. The number of hydrogen-bond donors (Lipinski definition) is 3. The van der Waals surface area contributed by atoms with Crippen LogP contribution >= 0.6 is 63.9 Å². The molecule has 4 rings (SSSR count). The number of rotatable bonds is 7. The van der Waals surface area contributed by atoms with E-state index in [2.05, 4.69) is 41.7 Å². The van der Waals surface area contributed by atoms with Crippen molar-refractivity contribution in [2.75, 3.05) is 23.8 Å². The van der Waals surface area contributed by atoms with E-state index in [0.29, 0.717) is 33.5 Å². The van der Waals surface area contributed by atoms with Gasteiger partial charge in [-0.3, -0.25) is 19.6 Å². The zero-order chi connectivity index (χ0) is 25.1. The molecule has 3 amide bonds. The lowest BCUT2D eigenvalue weighted by molar-refractivity contribution is -0.117. The number of urea groups is 1. The van der Waals surface area contributed by atoms with E-state index in [1.165, 1.54) is 4.90 Å². The van der Waals surface area contributed by atoms with E-state index in [1.54, 1.807) is 37.5 Å². The number of likely N-dealkylation sites (N-methyl/N-ethyl adjacent to an activating group) is 1. The number of halogens is 5. The minimum atomic E-state index is -0.565. The highest BCUT2D eigenvalue weighted by atomic mass is 79.9. The molecule has 15 heteroatoms. The Bertz CT molecular complexity index is 1400. The fraction of sp³-hybridized carbons (Fsp3) is 0.182. The summed E-state index contributed by atoms with van der Waals surface area (Å²) in [4.78, 5) is 30.5. The maximum absolute atomic E-state index is 12.7. The molecule has 0 bridgehead atoms. The highest BCUT2D eigenvalue weighted by molar-refractivity contribution is 9.10. The first-order valence-corrected chi connectivity index (χ1v) is 11.8. The number of H-pyrrole nitrogens is 1. The SMILES string of the molecule is Cc1nc2c(OCc3c(Cl)ccc(N(C)C(=O)CNC(=O)Nc4cc[nH]n4)c3Cl)cccn2c1Br.Cl.Cl. The quantitative estimate of drug-likeness (QED) is 0.239. The van der Waals surface area contributed by atoms with E-state index in [4.69, 9.17) is 27.9 Å². The van der Waals surface area contributed by atoms with Crippen molar-refractivity contribution in [3.8, 4) is 5.75 Å². The average Bonchev–Trinajstić information content (AvgIpc) is 3.45. The largest absolute Gasteiger partial charge is 0.485 e. The number of fused-ring (bicyclic) bond motifs is 1. The van der Waals surface area contributed by atoms with E-state index in [-0.39, 0.29) is 48.9 Å². The first kappa shape index (κ1) is 30.5. The Hall–Kier alpha value is -2.70.